The number of nitrogens with two attached hydrogens (primary N) is 5. The van der Waals surface area contributed by atoms with Crippen LogP contribution in [0, 0.1) is 5.92 Å². The smallest absolute Gasteiger partial charge is 0.326 e. The lowest BCUT2D eigenvalue weighted by Crippen LogP contribution is -2.59. The number of hydrogen-bond donors (Lipinski definition) is 12. The molecule has 21 nitrogen and oxygen atoms in total. The first-order valence-electron chi connectivity index (χ1n) is 15.7. The Morgan fingerprint density at radius 1 is 0.694 bits per heavy atom. The lowest BCUT2D eigenvalue weighted by Gasteiger charge is -2.27. The highest BCUT2D eigenvalue weighted by Crippen LogP contribution is 2.10. The van der Waals surface area contributed by atoms with Crippen LogP contribution in [0.3, 0.4) is 0 Å². The molecule has 5 amide bonds. The lowest BCUT2D eigenvalue weighted by atomic mass is 9.97. The van der Waals surface area contributed by atoms with Crippen LogP contribution in [-0.2, 0) is 33.6 Å². The molecule has 0 aliphatic heterocycles. The molecule has 0 bridgehead atoms. The van der Waals surface area contributed by atoms with Crippen molar-refractivity contribution in [3.05, 3.63) is 0 Å². The van der Waals surface area contributed by atoms with Crippen molar-refractivity contribution in [3.8, 4) is 0 Å². The molecular formula is C28H52N12O9. The molecule has 0 saturated carbocycles. The number of carbonyl (C=O) groups is 7. The molecule has 49 heavy (non-hydrogen) atoms. The Morgan fingerprint density at radius 3 is 1.78 bits per heavy atom. The SMILES string of the molecule is CCC(C)C(NC(=O)C(C)NC(=O)C(N)CCCN=C(N)N)C(=O)NC(CCC(=O)O)C(=O)NCC(=O)NC(CCCN=C(N)N)C(=O)O. The van der Waals surface area contributed by atoms with E-state index in [4.69, 9.17) is 28.7 Å². The second-order valence-corrected chi connectivity index (χ2v) is 11.3. The molecule has 278 valence electrons. The number of aliphatic carboxylic acids is 2. The minimum Gasteiger partial charge on any atom is -0.481 e. The van der Waals surface area contributed by atoms with E-state index < -0.39 is 90.6 Å². The van der Waals surface area contributed by atoms with Gasteiger partial charge in [0.15, 0.2) is 11.9 Å². The maximum atomic E-state index is 13.4. The van der Waals surface area contributed by atoms with Crippen molar-refractivity contribution in [2.45, 2.75) is 95.9 Å². The fraction of sp³-hybridized carbons (Fsp3) is 0.679. The fourth-order valence-electron chi connectivity index (χ4n) is 4.11. The average molecular weight is 701 g/mol. The van der Waals surface area contributed by atoms with Gasteiger partial charge in [-0.2, -0.15) is 0 Å². The first-order valence-corrected chi connectivity index (χ1v) is 15.7. The second kappa shape index (κ2) is 23.2. The van der Waals surface area contributed by atoms with Gasteiger partial charge in [0.05, 0.1) is 12.6 Å². The predicted molar refractivity (Wildman–Crippen MR) is 178 cm³/mol. The van der Waals surface area contributed by atoms with E-state index in [1.54, 1.807) is 13.8 Å². The Morgan fingerprint density at radius 2 is 1.27 bits per heavy atom. The van der Waals surface area contributed by atoms with Crippen molar-refractivity contribution in [3.63, 3.8) is 0 Å². The number of carbonyl (C=O) groups excluding carboxylic acids is 5. The molecule has 0 aliphatic carbocycles. The van der Waals surface area contributed by atoms with Crippen LogP contribution in [0.15, 0.2) is 9.98 Å². The molecule has 17 N–H and O–H groups in total. The van der Waals surface area contributed by atoms with Crippen molar-refractivity contribution >= 4 is 53.4 Å². The van der Waals surface area contributed by atoms with E-state index >= 15 is 0 Å². The average Bonchev–Trinajstić information content (AvgIpc) is 3.02. The zero-order valence-electron chi connectivity index (χ0n) is 28.1. The maximum absolute atomic E-state index is 13.4. The highest BCUT2D eigenvalue weighted by Gasteiger charge is 2.32. The largest absolute Gasteiger partial charge is 0.481 e. The molecular weight excluding hydrogens is 648 g/mol. The third-order valence-corrected chi connectivity index (χ3v) is 7.13. The number of nitrogens with one attached hydrogen (secondary N) is 5. The number of guanidine groups is 2. The van der Waals surface area contributed by atoms with E-state index in [1.165, 1.54) is 6.92 Å². The van der Waals surface area contributed by atoms with E-state index in [1.807, 2.05) is 0 Å². The van der Waals surface area contributed by atoms with Crippen LogP contribution in [0.5, 0.6) is 0 Å². The van der Waals surface area contributed by atoms with Gasteiger partial charge in [-0.25, -0.2) is 4.79 Å². The monoisotopic (exact) mass is 700 g/mol. The van der Waals surface area contributed by atoms with Crippen LogP contribution >= 0.6 is 0 Å². The third-order valence-electron chi connectivity index (χ3n) is 7.13. The fourth-order valence-corrected chi connectivity index (χ4v) is 4.11. The Hall–Kier alpha value is -5.21. The maximum Gasteiger partial charge on any atom is 0.326 e. The highest BCUT2D eigenvalue weighted by molar-refractivity contribution is 5.95. The van der Waals surface area contributed by atoms with E-state index in [9.17, 15) is 43.8 Å². The molecule has 0 rings (SSSR count). The zero-order valence-corrected chi connectivity index (χ0v) is 28.1. The van der Waals surface area contributed by atoms with Crippen molar-refractivity contribution in [1.82, 2.24) is 26.6 Å². The van der Waals surface area contributed by atoms with Gasteiger partial charge in [-0.3, -0.25) is 38.8 Å². The van der Waals surface area contributed by atoms with Crippen molar-refractivity contribution in [1.29, 1.82) is 0 Å². The summed E-state index contributed by atoms with van der Waals surface area (Å²) in [6, 6.07) is -6.02. The number of aliphatic imine (C=N–C) groups is 2. The Bertz CT molecular complexity index is 1210. The summed E-state index contributed by atoms with van der Waals surface area (Å²) in [5, 5.41) is 30.5. The summed E-state index contributed by atoms with van der Waals surface area (Å²) in [5.74, 6) is -7.28. The first kappa shape index (κ1) is 43.8. The minimum atomic E-state index is -1.44. The first-order chi connectivity index (χ1) is 22.9. The number of carboxylic acids is 2. The van der Waals surface area contributed by atoms with Gasteiger partial charge in [-0.05, 0) is 44.9 Å². The van der Waals surface area contributed by atoms with Gasteiger partial charge in [0.25, 0.3) is 0 Å². The van der Waals surface area contributed by atoms with Crippen molar-refractivity contribution in [2.24, 2.45) is 44.6 Å². The van der Waals surface area contributed by atoms with Gasteiger partial charge in [-0.1, -0.05) is 20.3 Å². The molecule has 6 unspecified atom stereocenters. The van der Waals surface area contributed by atoms with Crippen LogP contribution in [-0.4, -0.2) is 113 Å². The highest BCUT2D eigenvalue weighted by atomic mass is 16.4. The quantitative estimate of drug-likeness (QED) is 0.0256. The van der Waals surface area contributed by atoms with Crippen LogP contribution in [0.1, 0.15) is 65.7 Å². The van der Waals surface area contributed by atoms with E-state index in [-0.39, 0.29) is 50.7 Å². The van der Waals surface area contributed by atoms with Gasteiger partial charge < -0.3 is 65.5 Å². The molecule has 0 saturated heterocycles. The van der Waals surface area contributed by atoms with Crippen LogP contribution < -0.4 is 55.3 Å². The molecule has 6 atom stereocenters. The van der Waals surface area contributed by atoms with Crippen LogP contribution in [0.4, 0.5) is 0 Å². The summed E-state index contributed by atoms with van der Waals surface area (Å²) in [6.45, 7) is 4.51. The van der Waals surface area contributed by atoms with Gasteiger partial charge in [0.2, 0.25) is 29.5 Å². The second-order valence-electron chi connectivity index (χ2n) is 11.3. The predicted octanol–water partition coefficient (Wildman–Crippen LogP) is -4.51. The summed E-state index contributed by atoms with van der Waals surface area (Å²) < 4.78 is 0. The van der Waals surface area contributed by atoms with Gasteiger partial charge in [0.1, 0.15) is 24.2 Å². The van der Waals surface area contributed by atoms with Crippen molar-refractivity contribution < 1.29 is 43.8 Å². The van der Waals surface area contributed by atoms with E-state index in [0.29, 0.717) is 12.8 Å². The third kappa shape index (κ3) is 19.3. The standard InChI is InChI=1S/C28H52N12O9/c1-4-14(2)21(40-22(44)15(3)37-23(45)16(29)7-5-11-34-27(30)31)25(47)39-17(9-10-20(42)43)24(46)36-13-19(41)38-18(26(48)49)8-6-12-35-28(32)33/h14-18,21H,4-13,29H2,1-3H3,(H,36,46)(H,37,45)(H,38,41)(H,39,47)(H,40,44)(H,42,43)(H,48,49)(H4,30,31,34)(H4,32,33,35). The number of hydrogen-bond acceptors (Lipinski definition) is 10. The molecule has 0 aliphatic rings. The van der Waals surface area contributed by atoms with E-state index in [0.717, 1.165) is 0 Å². The Kier molecular flexibility index (Phi) is 20.7. The molecule has 0 heterocycles. The Labute approximate surface area is 284 Å². The zero-order chi connectivity index (χ0) is 37.7. The lowest BCUT2D eigenvalue weighted by molar-refractivity contribution is -0.142. The minimum absolute atomic E-state index is 0.0123. The number of carboxylic acid groups (broad SMARTS) is 2. The van der Waals surface area contributed by atoms with Crippen LogP contribution in [0.25, 0.3) is 0 Å². The number of amides is 5. The molecule has 0 fully saturated rings. The van der Waals surface area contributed by atoms with Crippen LogP contribution in [0.2, 0.25) is 0 Å². The molecule has 0 aromatic carbocycles. The molecule has 0 radical (unpaired) electrons. The molecule has 0 aromatic heterocycles. The van der Waals surface area contributed by atoms with Crippen molar-refractivity contribution in [2.75, 3.05) is 19.6 Å². The number of nitrogens with zero attached hydrogens (tertiary/aromatic N) is 2. The van der Waals surface area contributed by atoms with Gasteiger partial charge in [-0.15, -0.1) is 0 Å². The number of rotatable bonds is 24. The van der Waals surface area contributed by atoms with E-state index in [2.05, 4.69) is 36.6 Å². The summed E-state index contributed by atoms with van der Waals surface area (Å²) in [7, 11) is 0. The summed E-state index contributed by atoms with van der Waals surface area (Å²) in [4.78, 5) is 94.5. The molecule has 0 aromatic rings. The molecule has 21 heteroatoms. The summed E-state index contributed by atoms with van der Waals surface area (Å²) >= 11 is 0. The normalized spacial score (nSPS) is 14.3. The summed E-state index contributed by atoms with van der Waals surface area (Å²) in [6.07, 6.45) is 0.374. The summed E-state index contributed by atoms with van der Waals surface area (Å²) in [5.41, 5.74) is 26.9. The molecule has 0 spiro atoms. The Balaban J connectivity index is 5.45. The van der Waals surface area contributed by atoms with Gasteiger partial charge in [0, 0.05) is 19.5 Å². The van der Waals surface area contributed by atoms with Gasteiger partial charge >= 0.3 is 11.9 Å². The topological polar surface area (TPSA) is 375 Å².